The van der Waals surface area contributed by atoms with Crippen LogP contribution in [0.25, 0.3) is 0 Å². The van der Waals surface area contributed by atoms with Gasteiger partial charge in [0.05, 0.1) is 29.9 Å². The zero-order chi connectivity index (χ0) is 23.7. The van der Waals surface area contributed by atoms with E-state index in [9.17, 15) is 0 Å². The molecule has 0 aromatic heterocycles. The van der Waals surface area contributed by atoms with Crippen LogP contribution in [-0.2, 0) is 0 Å². The number of ether oxygens (including phenoxy) is 3. The highest BCUT2D eigenvalue weighted by Crippen LogP contribution is 2.51. The lowest BCUT2D eigenvalue weighted by Gasteiger charge is -2.38. The molecule has 7 heteroatoms. The molecule has 0 saturated heterocycles. The second-order valence-electron chi connectivity index (χ2n) is 8.40. The molecule has 34 heavy (non-hydrogen) atoms. The summed E-state index contributed by atoms with van der Waals surface area (Å²) in [5, 5.41) is 7.14. The van der Waals surface area contributed by atoms with E-state index in [0.29, 0.717) is 12.4 Å². The summed E-state index contributed by atoms with van der Waals surface area (Å²) in [5.74, 6) is 2.29. The van der Waals surface area contributed by atoms with Crippen LogP contribution in [0.5, 0.6) is 17.2 Å². The molecule has 176 valence electrons. The average Bonchev–Trinajstić information content (AvgIpc) is 3.30. The van der Waals surface area contributed by atoms with Crippen molar-refractivity contribution in [2.75, 3.05) is 13.7 Å². The SMILES string of the molecule is CCCCOc1ccc([C@H]2Oc3c(Br)cc(Br)cc3[C@@H]3CC(c4ccccc4)=NN23)cc1OC. The molecule has 3 aromatic carbocycles. The number of nitrogens with zero attached hydrogens (tertiary/aromatic N) is 2. The van der Waals surface area contributed by atoms with E-state index in [1.54, 1.807) is 7.11 Å². The highest BCUT2D eigenvalue weighted by Gasteiger charge is 2.42. The Bertz CT molecular complexity index is 1220. The van der Waals surface area contributed by atoms with Crippen molar-refractivity contribution in [1.29, 1.82) is 0 Å². The van der Waals surface area contributed by atoms with Crippen molar-refractivity contribution in [1.82, 2.24) is 5.01 Å². The molecule has 2 aliphatic rings. The van der Waals surface area contributed by atoms with Crippen molar-refractivity contribution in [3.05, 3.63) is 86.3 Å². The van der Waals surface area contributed by atoms with Gasteiger partial charge in [0.2, 0.25) is 6.23 Å². The van der Waals surface area contributed by atoms with Gasteiger partial charge in [-0.3, -0.25) is 0 Å². The maximum absolute atomic E-state index is 6.59. The molecule has 0 unspecified atom stereocenters. The van der Waals surface area contributed by atoms with Crippen LogP contribution in [0, 0.1) is 0 Å². The summed E-state index contributed by atoms with van der Waals surface area (Å²) in [6.45, 7) is 2.82. The minimum atomic E-state index is -0.394. The van der Waals surface area contributed by atoms with Crippen LogP contribution in [0.2, 0.25) is 0 Å². The smallest absolute Gasteiger partial charge is 0.214 e. The fourth-order valence-corrected chi connectivity index (χ4v) is 5.77. The van der Waals surface area contributed by atoms with Crippen LogP contribution in [0.4, 0.5) is 0 Å². The predicted molar refractivity (Wildman–Crippen MR) is 141 cm³/mol. The van der Waals surface area contributed by atoms with Gasteiger partial charge >= 0.3 is 0 Å². The second kappa shape index (κ2) is 10.0. The number of fused-ring (bicyclic) bond motifs is 3. The summed E-state index contributed by atoms with van der Waals surface area (Å²) in [4.78, 5) is 0. The molecule has 0 aliphatic carbocycles. The third-order valence-corrected chi connectivity index (χ3v) is 7.19. The van der Waals surface area contributed by atoms with E-state index in [4.69, 9.17) is 19.3 Å². The van der Waals surface area contributed by atoms with Crippen molar-refractivity contribution < 1.29 is 14.2 Å². The molecule has 5 rings (SSSR count). The number of hydrogen-bond acceptors (Lipinski definition) is 5. The van der Waals surface area contributed by atoms with E-state index in [1.807, 2.05) is 42.5 Å². The van der Waals surface area contributed by atoms with Crippen molar-refractivity contribution in [3.63, 3.8) is 0 Å². The number of rotatable bonds is 7. The molecule has 3 aromatic rings. The van der Waals surface area contributed by atoms with Gasteiger partial charge in [0.25, 0.3) is 0 Å². The van der Waals surface area contributed by atoms with Gasteiger partial charge in [-0.05, 0) is 58.2 Å². The summed E-state index contributed by atoms with van der Waals surface area (Å²) < 4.78 is 20.1. The fourth-order valence-electron chi connectivity index (χ4n) is 4.42. The summed E-state index contributed by atoms with van der Waals surface area (Å²) in [6.07, 6.45) is 2.49. The first-order valence-electron chi connectivity index (χ1n) is 11.5. The first kappa shape index (κ1) is 23.2. The highest BCUT2D eigenvalue weighted by molar-refractivity contribution is 9.11. The van der Waals surface area contributed by atoms with Gasteiger partial charge < -0.3 is 14.2 Å². The van der Waals surface area contributed by atoms with Gasteiger partial charge in [-0.1, -0.05) is 59.6 Å². The van der Waals surface area contributed by atoms with E-state index in [0.717, 1.165) is 62.1 Å². The quantitative estimate of drug-likeness (QED) is 0.267. The standard InChI is InChI=1S/C27H26Br2N2O3/c1-3-4-12-33-24-11-10-18(13-25(24)32-2)27-31-23(16-22(30-31)17-8-6-5-7-9-17)20-14-19(28)15-21(29)26(20)34-27/h5-11,13-15,23,27H,3-4,12,16H2,1-2H3/t23-,27+/m0/s1. The topological polar surface area (TPSA) is 43.3 Å². The van der Waals surface area contributed by atoms with Crippen molar-refractivity contribution in [3.8, 4) is 17.2 Å². The number of benzene rings is 3. The number of hydrazone groups is 1. The normalized spacial score (nSPS) is 18.6. The zero-order valence-corrected chi connectivity index (χ0v) is 22.3. The number of unbranched alkanes of at least 4 members (excludes halogenated alkanes) is 1. The third-order valence-electron chi connectivity index (χ3n) is 6.14. The molecular weight excluding hydrogens is 560 g/mol. The van der Waals surface area contributed by atoms with Crippen LogP contribution < -0.4 is 14.2 Å². The Morgan fingerprint density at radius 3 is 2.65 bits per heavy atom. The summed E-state index contributed by atoms with van der Waals surface area (Å²) in [7, 11) is 1.67. The van der Waals surface area contributed by atoms with Gasteiger partial charge in [-0.25, -0.2) is 5.01 Å². The van der Waals surface area contributed by atoms with Crippen molar-refractivity contribution in [2.45, 2.75) is 38.5 Å². The van der Waals surface area contributed by atoms with E-state index in [1.165, 1.54) is 0 Å². The van der Waals surface area contributed by atoms with Gasteiger partial charge in [-0.2, -0.15) is 5.10 Å². The van der Waals surface area contributed by atoms with Crippen LogP contribution in [0.3, 0.4) is 0 Å². The summed E-state index contributed by atoms with van der Waals surface area (Å²) in [5.41, 5.74) is 4.25. The number of methoxy groups -OCH3 is 1. The molecule has 0 fully saturated rings. The molecule has 2 heterocycles. The first-order chi connectivity index (χ1) is 16.6. The first-order valence-corrected chi connectivity index (χ1v) is 13.0. The van der Waals surface area contributed by atoms with Crippen LogP contribution in [0.1, 0.15) is 55.1 Å². The maximum Gasteiger partial charge on any atom is 0.214 e. The minimum absolute atomic E-state index is 0.0595. The average molecular weight is 586 g/mol. The van der Waals surface area contributed by atoms with Crippen molar-refractivity contribution >= 4 is 37.6 Å². The Hall–Kier alpha value is -2.51. The fraction of sp³-hybridized carbons (Fsp3) is 0.296. The Morgan fingerprint density at radius 1 is 1.06 bits per heavy atom. The molecule has 2 aliphatic heterocycles. The third kappa shape index (κ3) is 4.43. The lowest BCUT2D eigenvalue weighted by Crippen LogP contribution is -2.34. The summed E-state index contributed by atoms with van der Waals surface area (Å²) >= 11 is 7.35. The van der Waals surface area contributed by atoms with E-state index < -0.39 is 6.23 Å². The minimum Gasteiger partial charge on any atom is -0.493 e. The van der Waals surface area contributed by atoms with E-state index >= 15 is 0 Å². The molecule has 0 radical (unpaired) electrons. The second-order valence-corrected chi connectivity index (χ2v) is 10.2. The molecule has 5 nitrogen and oxygen atoms in total. The predicted octanol–water partition coefficient (Wildman–Crippen LogP) is 7.64. The van der Waals surface area contributed by atoms with Crippen LogP contribution >= 0.6 is 31.9 Å². The Labute approximate surface area is 217 Å². The van der Waals surface area contributed by atoms with E-state index in [2.05, 4.69) is 62.0 Å². The number of halogens is 2. The Morgan fingerprint density at radius 2 is 1.88 bits per heavy atom. The molecule has 0 bridgehead atoms. The Kier molecular flexibility index (Phi) is 6.84. The van der Waals surface area contributed by atoms with Gasteiger partial charge in [0, 0.05) is 22.0 Å². The molecular formula is C27H26Br2N2O3. The lowest BCUT2D eigenvalue weighted by molar-refractivity contribution is -0.0198. The zero-order valence-electron chi connectivity index (χ0n) is 19.1. The molecule has 0 saturated carbocycles. The van der Waals surface area contributed by atoms with Crippen LogP contribution in [-0.4, -0.2) is 24.4 Å². The van der Waals surface area contributed by atoms with Gasteiger partial charge in [-0.15, -0.1) is 0 Å². The molecule has 0 spiro atoms. The Balaban J connectivity index is 1.55. The van der Waals surface area contributed by atoms with Gasteiger partial charge in [0.1, 0.15) is 5.75 Å². The molecule has 2 atom stereocenters. The van der Waals surface area contributed by atoms with E-state index in [-0.39, 0.29) is 6.04 Å². The van der Waals surface area contributed by atoms with Crippen molar-refractivity contribution in [2.24, 2.45) is 5.10 Å². The lowest BCUT2D eigenvalue weighted by atomic mass is 9.96. The highest BCUT2D eigenvalue weighted by atomic mass is 79.9. The number of hydrogen-bond donors (Lipinski definition) is 0. The molecule has 0 N–H and O–H groups in total. The molecule has 0 amide bonds. The monoisotopic (exact) mass is 584 g/mol. The van der Waals surface area contributed by atoms with Gasteiger partial charge in [0.15, 0.2) is 11.5 Å². The largest absolute Gasteiger partial charge is 0.493 e. The summed E-state index contributed by atoms with van der Waals surface area (Å²) in [6, 6.07) is 20.5. The maximum atomic E-state index is 6.59. The van der Waals surface area contributed by atoms with Crippen LogP contribution in [0.15, 0.2) is 74.7 Å².